The Morgan fingerprint density at radius 2 is 1.64 bits per heavy atom. The van der Waals surface area contributed by atoms with Gasteiger partial charge in [-0.1, -0.05) is 44.5 Å². The van der Waals surface area contributed by atoms with Crippen LogP contribution in [0.15, 0.2) is 47.4 Å². The third-order valence-corrected chi connectivity index (χ3v) is 7.22. The van der Waals surface area contributed by atoms with Gasteiger partial charge in [0.05, 0.1) is 11.1 Å². The Morgan fingerprint density at radius 1 is 1.03 bits per heavy atom. The summed E-state index contributed by atoms with van der Waals surface area (Å²) in [5.74, 6) is -1.18. The maximum Gasteiger partial charge on any atom is 0.269 e. The number of carbonyl (C=O) groups excluding carboxylic acids is 2. The number of rotatable bonds is 6. The van der Waals surface area contributed by atoms with Gasteiger partial charge in [-0.15, -0.1) is 0 Å². The van der Waals surface area contributed by atoms with E-state index in [-0.39, 0.29) is 33.5 Å². The molecule has 10 heteroatoms. The normalized spacial score (nSPS) is 16.4. The average Bonchev–Trinajstić information content (AvgIpc) is 3.29. The number of hydrogen-bond donors (Lipinski definition) is 3. The predicted molar refractivity (Wildman–Crippen MR) is 126 cm³/mol. The molecule has 0 aromatic heterocycles. The van der Waals surface area contributed by atoms with Crippen molar-refractivity contribution in [2.24, 2.45) is 0 Å². The van der Waals surface area contributed by atoms with Crippen molar-refractivity contribution in [1.82, 2.24) is 15.6 Å². The number of sulfonamides is 1. The van der Waals surface area contributed by atoms with Crippen molar-refractivity contribution < 1.29 is 22.7 Å². The molecule has 3 N–H and O–H groups in total. The van der Waals surface area contributed by atoms with E-state index >= 15 is 0 Å². The van der Waals surface area contributed by atoms with Gasteiger partial charge >= 0.3 is 0 Å². The third-order valence-electron chi connectivity index (χ3n) is 5.31. The topological polar surface area (TPSA) is 114 Å². The van der Waals surface area contributed by atoms with Gasteiger partial charge in [0.1, 0.15) is 4.90 Å². The third kappa shape index (κ3) is 6.54. The molecule has 8 nitrogen and oxygen atoms in total. The van der Waals surface area contributed by atoms with Crippen molar-refractivity contribution in [1.29, 1.82) is 0 Å². The predicted octanol–water partition coefficient (Wildman–Crippen LogP) is 3.17. The maximum atomic E-state index is 12.7. The molecule has 0 saturated carbocycles. The van der Waals surface area contributed by atoms with Gasteiger partial charge in [-0.05, 0) is 54.2 Å². The summed E-state index contributed by atoms with van der Waals surface area (Å²) in [5.41, 5.74) is 6.07. The van der Waals surface area contributed by atoms with E-state index < -0.39 is 21.8 Å². The monoisotopic (exact) mass is 493 g/mol. The Labute approximate surface area is 199 Å². The van der Waals surface area contributed by atoms with E-state index in [1.165, 1.54) is 18.2 Å². The minimum absolute atomic E-state index is 0.0191. The Bertz CT molecular complexity index is 1120. The first kappa shape index (κ1) is 25.2. The van der Waals surface area contributed by atoms with Crippen LogP contribution in [0.1, 0.15) is 59.9 Å². The number of hydrogen-bond acceptors (Lipinski definition) is 5. The van der Waals surface area contributed by atoms with Gasteiger partial charge in [-0.2, -0.15) is 0 Å². The van der Waals surface area contributed by atoms with Crippen molar-refractivity contribution in [3.8, 4) is 0 Å². The van der Waals surface area contributed by atoms with Crippen molar-refractivity contribution in [2.75, 3.05) is 13.2 Å². The molecule has 1 saturated heterocycles. The van der Waals surface area contributed by atoms with E-state index in [1.54, 1.807) is 12.1 Å². The molecular weight excluding hydrogens is 466 g/mol. The van der Waals surface area contributed by atoms with Crippen LogP contribution in [0.5, 0.6) is 0 Å². The number of amides is 2. The number of benzene rings is 2. The summed E-state index contributed by atoms with van der Waals surface area (Å²) in [6.45, 7) is 6.94. The molecule has 1 aliphatic heterocycles. The lowest BCUT2D eigenvalue weighted by atomic mass is 9.87. The molecule has 0 spiro atoms. The van der Waals surface area contributed by atoms with Crippen LogP contribution in [0.3, 0.4) is 0 Å². The van der Waals surface area contributed by atoms with Gasteiger partial charge in [0.2, 0.25) is 10.0 Å². The van der Waals surface area contributed by atoms with Crippen LogP contribution in [0.4, 0.5) is 0 Å². The quantitative estimate of drug-likeness (QED) is 0.535. The summed E-state index contributed by atoms with van der Waals surface area (Å²) in [6.07, 6.45) is 1.48. The van der Waals surface area contributed by atoms with Crippen molar-refractivity contribution in [3.05, 3.63) is 64.2 Å². The highest BCUT2D eigenvalue weighted by Crippen LogP contribution is 2.24. The fourth-order valence-electron chi connectivity index (χ4n) is 3.32. The van der Waals surface area contributed by atoms with Gasteiger partial charge in [-0.3, -0.25) is 20.4 Å². The van der Waals surface area contributed by atoms with Crippen LogP contribution in [-0.4, -0.2) is 39.5 Å². The van der Waals surface area contributed by atoms with Gasteiger partial charge in [0.25, 0.3) is 11.8 Å². The van der Waals surface area contributed by atoms with Crippen LogP contribution in [0.2, 0.25) is 5.02 Å². The van der Waals surface area contributed by atoms with Gasteiger partial charge in [0, 0.05) is 24.3 Å². The Hall–Kier alpha value is -2.46. The van der Waals surface area contributed by atoms with E-state index in [0.29, 0.717) is 12.2 Å². The van der Waals surface area contributed by atoms with Gasteiger partial charge in [0.15, 0.2) is 0 Å². The van der Waals surface area contributed by atoms with Crippen molar-refractivity contribution >= 4 is 33.4 Å². The summed E-state index contributed by atoms with van der Waals surface area (Å²) in [5, 5.41) is -0.0191. The molecule has 1 aliphatic rings. The van der Waals surface area contributed by atoms with Gasteiger partial charge in [-0.25, -0.2) is 13.1 Å². The molecule has 1 fully saturated rings. The zero-order chi connectivity index (χ0) is 24.2. The minimum atomic E-state index is -3.95. The van der Waals surface area contributed by atoms with Crippen LogP contribution in [0.25, 0.3) is 0 Å². The molecular formula is C23H28ClN3O5S. The number of halogens is 1. The summed E-state index contributed by atoms with van der Waals surface area (Å²) in [4.78, 5) is 24.7. The van der Waals surface area contributed by atoms with E-state index in [1.807, 2.05) is 12.1 Å². The summed E-state index contributed by atoms with van der Waals surface area (Å²) < 4.78 is 33.3. The highest BCUT2D eigenvalue weighted by Gasteiger charge is 2.23. The van der Waals surface area contributed by atoms with Crippen LogP contribution in [-0.2, 0) is 20.2 Å². The molecule has 0 radical (unpaired) electrons. The highest BCUT2D eigenvalue weighted by molar-refractivity contribution is 7.89. The lowest BCUT2D eigenvalue weighted by molar-refractivity contribution is 0.0846. The fourth-order valence-corrected chi connectivity index (χ4v) is 4.91. The second-order valence-corrected chi connectivity index (χ2v) is 11.0. The molecule has 0 aliphatic carbocycles. The van der Waals surface area contributed by atoms with Crippen LogP contribution in [0, 0.1) is 0 Å². The standard InChI is InChI=1S/C23H28ClN3O5S/c1-23(2,3)17-9-6-15(7-10-17)21(28)26-27-22(29)16-8-11-19(24)20(13-16)33(30,31)25-14-18-5-4-12-32-18/h6-11,13,18,25H,4-5,12,14H2,1-3H3,(H,26,28)(H,27,29). The molecule has 0 bridgehead atoms. The average molecular weight is 494 g/mol. The van der Waals surface area contributed by atoms with Crippen molar-refractivity contribution in [3.63, 3.8) is 0 Å². The number of hydrazine groups is 1. The lowest BCUT2D eigenvalue weighted by Crippen LogP contribution is -2.41. The summed E-state index contributed by atoms with van der Waals surface area (Å²) in [7, 11) is -3.95. The molecule has 1 unspecified atom stereocenters. The molecule has 2 aromatic carbocycles. The number of carbonyl (C=O) groups is 2. The highest BCUT2D eigenvalue weighted by atomic mass is 35.5. The first-order valence-electron chi connectivity index (χ1n) is 10.6. The Balaban J connectivity index is 1.64. The smallest absolute Gasteiger partial charge is 0.269 e. The number of nitrogens with one attached hydrogen (secondary N) is 3. The lowest BCUT2D eigenvalue weighted by Gasteiger charge is -2.19. The van der Waals surface area contributed by atoms with Gasteiger partial charge < -0.3 is 4.74 Å². The van der Waals surface area contributed by atoms with E-state index in [2.05, 4.69) is 36.3 Å². The molecule has 1 heterocycles. The second kappa shape index (κ2) is 10.2. The fraction of sp³-hybridized carbons (Fsp3) is 0.391. The maximum absolute atomic E-state index is 12.7. The molecule has 3 rings (SSSR count). The first-order valence-corrected chi connectivity index (χ1v) is 12.5. The molecule has 33 heavy (non-hydrogen) atoms. The molecule has 178 valence electrons. The Kier molecular flexibility index (Phi) is 7.79. The molecule has 1 atom stereocenters. The zero-order valence-corrected chi connectivity index (χ0v) is 20.3. The van der Waals surface area contributed by atoms with Crippen molar-refractivity contribution in [2.45, 2.75) is 50.0 Å². The Morgan fingerprint density at radius 3 is 2.21 bits per heavy atom. The SMILES string of the molecule is CC(C)(C)c1ccc(C(=O)NNC(=O)c2ccc(Cl)c(S(=O)(=O)NCC3CCCO3)c2)cc1. The zero-order valence-electron chi connectivity index (χ0n) is 18.8. The number of ether oxygens (including phenoxy) is 1. The van der Waals surface area contributed by atoms with Crippen LogP contribution < -0.4 is 15.6 Å². The largest absolute Gasteiger partial charge is 0.377 e. The minimum Gasteiger partial charge on any atom is -0.377 e. The van der Waals surface area contributed by atoms with E-state index in [4.69, 9.17) is 16.3 Å². The summed E-state index contributed by atoms with van der Waals surface area (Å²) >= 11 is 6.08. The van der Waals surface area contributed by atoms with Crippen LogP contribution >= 0.6 is 11.6 Å². The summed E-state index contributed by atoms with van der Waals surface area (Å²) in [6, 6.07) is 10.9. The second-order valence-electron chi connectivity index (χ2n) is 8.87. The molecule has 2 amide bonds. The van der Waals surface area contributed by atoms with E-state index in [0.717, 1.165) is 18.4 Å². The molecule has 2 aromatic rings. The van der Waals surface area contributed by atoms with E-state index in [9.17, 15) is 18.0 Å². The first-order chi connectivity index (χ1) is 15.5.